The van der Waals surface area contributed by atoms with Crippen LogP contribution >= 0.6 is 0 Å². The van der Waals surface area contributed by atoms with Gasteiger partial charge in [0.05, 0.1) is 35.6 Å². The van der Waals surface area contributed by atoms with E-state index in [1.54, 1.807) is 18.3 Å². The molecule has 1 aromatic carbocycles. The van der Waals surface area contributed by atoms with Crippen LogP contribution < -0.4 is 9.46 Å². The lowest BCUT2D eigenvalue weighted by Crippen LogP contribution is -2.47. The van der Waals surface area contributed by atoms with E-state index in [-0.39, 0.29) is 61.1 Å². The van der Waals surface area contributed by atoms with E-state index in [9.17, 15) is 32.0 Å². The van der Waals surface area contributed by atoms with Gasteiger partial charge in [0, 0.05) is 24.4 Å². The Morgan fingerprint density at radius 2 is 1.87 bits per heavy atom. The van der Waals surface area contributed by atoms with Crippen LogP contribution in [0, 0.1) is 34.9 Å². The van der Waals surface area contributed by atoms with E-state index in [4.69, 9.17) is 9.47 Å². The molecular weight excluding hydrogens is 690 g/mol. The van der Waals surface area contributed by atoms with E-state index >= 15 is 0 Å². The maximum Gasteiger partial charge on any atom is 0.307 e. The minimum absolute atomic E-state index is 0.00669. The number of hydrogen-bond acceptors (Lipinski definition) is 9. The third-order valence-corrected chi connectivity index (χ3v) is 13.7. The van der Waals surface area contributed by atoms with Gasteiger partial charge in [-0.05, 0) is 99.6 Å². The molecule has 3 saturated carbocycles. The summed E-state index contributed by atoms with van der Waals surface area (Å²) in [6.07, 6.45) is 9.47. The van der Waals surface area contributed by atoms with Crippen molar-refractivity contribution in [1.29, 1.82) is 0 Å². The molecule has 2 amide bonds. The van der Waals surface area contributed by atoms with E-state index in [1.165, 1.54) is 17.0 Å². The molecule has 0 radical (unpaired) electrons. The number of pyridine rings is 1. The van der Waals surface area contributed by atoms with E-state index in [1.807, 2.05) is 26.0 Å². The summed E-state index contributed by atoms with van der Waals surface area (Å²) in [5.41, 5.74) is -1.78. The number of fused-ring (bicyclic) bond motifs is 3. The normalized spacial score (nSPS) is 32.5. The van der Waals surface area contributed by atoms with Gasteiger partial charge >= 0.3 is 5.97 Å². The molecule has 1 aromatic heterocycles. The molecule has 1 N–H and O–H groups in total. The Morgan fingerprint density at radius 1 is 1.10 bits per heavy atom. The van der Waals surface area contributed by atoms with Crippen LogP contribution in [-0.4, -0.2) is 71.4 Å². The van der Waals surface area contributed by atoms with E-state index < -0.39 is 62.0 Å². The number of benzene rings is 1. The second kappa shape index (κ2) is 13.8. The number of nitrogens with one attached hydrogen (secondary N) is 1. The predicted octanol–water partition coefficient (Wildman–Crippen LogP) is 5.41. The number of aromatic nitrogens is 1. The number of ether oxygens (including phenoxy) is 2. The molecule has 2 aromatic rings. The Hall–Kier alpha value is -3.87. The lowest BCUT2D eigenvalue weighted by molar-refractivity contribution is -0.156. The summed E-state index contributed by atoms with van der Waals surface area (Å²) in [6.45, 7) is 5.95. The molecule has 3 aliphatic carbocycles. The van der Waals surface area contributed by atoms with Gasteiger partial charge in [-0.25, -0.2) is 17.8 Å². The van der Waals surface area contributed by atoms with Gasteiger partial charge in [0.15, 0.2) is 5.78 Å². The standard InChI is InChI=1S/C39H48FN3O8S/c1-23-6-4-5-7-26-20-39(26,37(47)42-52(48,49)29-10-11-29)21-33(44)32-18-28(50-35-31-17-27(40)9-8-25(31)12-15-41-35)22-43(32)36(46)30(24(2)16-23)19-34(45)51-38(3)13-14-38/h5,7-9,12,15,17,23-24,26,28-30,32H,4,6,10-11,13-14,16,18-22H2,1-3H3,(H,42,47)/b7-5-/t23-,24-,26-,28-,30+,32+,39-/m1/s1. The highest BCUT2D eigenvalue weighted by molar-refractivity contribution is 7.90. The quantitative estimate of drug-likeness (QED) is 0.277. The number of allylic oxidation sites excluding steroid dienone is 2. The minimum atomic E-state index is -3.86. The minimum Gasteiger partial charge on any atom is -0.472 e. The number of carbonyl (C=O) groups excluding carboxylic acids is 4. The van der Waals surface area contributed by atoms with Crippen molar-refractivity contribution in [2.24, 2.45) is 29.1 Å². The van der Waals surface area contributed by atoms with Crippen molar-refractivity contribution in [3.05, 3.63) is 48.4 Å². The highest BCUT2D eigenvalue weighted by Crippen LogP contribution is 2.57. The van der Waals surface area contributed by atoms with Crippen LogP contribution in [0.25, 0.3) is 10.8 Å². The average molecular weight is 738 g/mol. The first-order chi connectivity index (χ1) is 24.7. The van der Waals surface area contributed by atoms with Crippen LogP contribution in [0.2, 0.25) is 0 Å². The number of nitrogens with zero attached hydrogens (tertiary/aromatic N) is 2. The fourth-order valence-corrected chi connectivity index (χ4v) is 9.51. The van der Waals surface area contributed by atoms with Crippen LogP contribution in [0.3, 0.4) is 0 Å². The molecule has 11 nitrogen and oxygen atoms in total. The number of rotatable bonds is 8. The SMILES string of the molecule is C[C@@H]1CC/C=C\[C@@H]2C[C@@]2(C(=O)NS(=O)(=O)C2CC2)CC(=O)[C@@H]2C[C@@H](Oc3nccc4ccc(F)cc34)CN2C(=O)[C@@H](CC(=O)OC2(C)CC2)[C@H](C)C1. The summed E-state index contributed by atoms with van der Waals surface area (Å²) >= 11 is 0. The van der Waals surface area contributed by atoms with Gasteiger partial charge in [-0.15, -0.1) is 0 Å². The third kappa shape index (κ3) is 7.75. The van der Waals surface area contributed by atoms with Crippen LogP contribution in [0.15, 0.2) is 42.6 Å². The van der Waals surface area contributed by atoms with E-state index in [2.05, 4.69) is 16.6 Å². The maximum absolute atomic E-state index is 14.7. The zero-order chi connectivity index (χ0) is 37.0. The van der Waals surface area contributed by atoms with Crippen LogP contribution in [0.5, 0.6) is 5.88 Å². The van der Waals surface area contributed by atoms with Gasteiger partial charge < -0.3 is 14.4 Å². The second-order valence-corrected chi connectivity index (χ2v) is 18.3. The Labute approximate surface area is 304 Å². The molecule has 4 fully saturated rings. The van der Waals surface area contributed by atoms with Crippen molar-refractivity contribution in [3.63, 3.8) is 0 Å². The molecule has 0 bridgehead atoms. The van der Waals surface area contributed by atoms with E-state index in [0.717, 1.165) is 25.7 Å². The maximum atomic E-state index is 14.7. The smallest absolute Gasteiger partial charge is 0.307 e. The summed E-state index contributed by atoms with van der Waals surface area (Å²) < 4.78 is 54.4. The van der Waals surface area contributed by atoms with Crippen molar-refractivity contribution in [2.75, 3.05) is 6.54 Å². The van der Waals surface area contributed by atoms with Crippen LogP contribution in [-0.2, 0) is 33.9 Å². The van der Waals surface area contributed by atoms with Crippen LogP contribution in [0.4, 0.5) is 4.39 Å². The van der Waals surface area contributed by atoms with Crippen LogP contribution in [0.1, 0.15) is 91.4 Å². The first kappa shape index (κ1) is 36.5. The molecule has 280 valence electrons. The van der Waals surface area contributed by atoms with Crippen molar-refractivity contribution in [1.82, 2.24) is 14.6 Å². The molecule has 52 heavy (non-hydrogen) atoms. The molecule has 0 spiro atoms. The Kier molecular flexibility index (Phi) is 9.71. The summed E-state index contributed by atoms with van der Waals surface area (Å²) in [7, 11) is -3.86. The number of carbonyl (C=O) groups is 4. The summed E-state index contributed by atoms with van der Waals surface area (Å²) in [5.74, 6) is -3.30. The number of ketones is 1. The third-order valence-electron chi connectivity index (χ3n) is 11.8. The zero-order valence-corrected chi connectivity index (χ0v) is 30.8. The Bertz CT molecular complexity index is 1910. The number of amides is 2. The van der Waals surface area contributed by atoms with Gasteiger partial charge in [0.25, 0.3) is 0 Å². The largest absolute Gasteiger partial charge is 0.472 e. The first-order valence-electron chi connectivity index (χ1n) is 18.6. The van der Waals surface area contributed by atoms with E-state index in [0.29, 0.717) is 36.5 Å². The van der Waals surface area contributed by atoms with Gasteiger partial charge in [0.1, 0.15) is 17.5 Å². The van der Waals surface area contributed by atoms with Gasteiger partial charge in [0.2, 0.25) is 27.7 Å². The molecule has 0 unspecified atom stereocenters. The van der Waals surface area contributed by atoms with Gasteiger partial charge in [-0.3, -0.25) is 23.9 Å². The summed E-state index contributed by atoms with van der Waals surface area (Å²) in [6, 6.07) is 5.01. The molecule has 3 heterocycles. The Balaban J connectivity index is 1.21. The monoisotopic (exact) mass is 737 g/mol. The fourth-order valence-electron chi connectivity index (χ4n) is 8.13. The highest BCUT2D eigenvalue weighted by atomic mass is 32.2. The predicted molar refractivity (Wildman–Crippen MR) is 190 cm³/mol. The first-order valence-corrected chi connectivity index (χ1v) is 20.2. The average Bonchev–Trinajstić information content (AvgIpc) is 4.02. The topological polar surface area (TPSA) is 149 Å². The second-order valence-electron chi connectivity index (χ2n) is 16.3. The fraction of sp³-hybridized carbons (Fsp3) is 0.615. The summed E-state index contributed by atoms with van der Waals surface area (Å²) in [5, 5.41) is 0.547. The highest BCUT2D eigenvalue weighted by Gasteiger charge is 2.61. The molecule has 2 aliphatic heterocycles. The lowest BCUT2D eigenvalue weighted by Gasteiger charge is -2.32. The molecule has 7 rings (SSSR count). The number of esters is 1. The number of sulfonamides is 1. The molecule has 7 atom stereocenters. The van der Waals surface area contributed by atoms with Crippen molar-refractivity contribution < 1.29 is 41.5 Å². The Morgan fingerprint density at radius 3 is 2.60 bits per heavy atom. The van der Waals surface area contributed by atoms with Gasteiger partial charge in [-0.1, -0.05) is 32.1 Å². The van der Waals surface area contributed by atoms with Crippen molar-refractivity contribution in [3.8, 4) is 5.88 Å². The number of hydrogen-bond donors (Lipinski definition) is 1. The summed E-state index contributed by atoms with van der Waals surface area (Å²) in [4.78, 5) is 62.1. The van der Waals surface area contributed by atoms with Gasteiger partial charge in [-0.2, -0.15) is 0 Å². The lowest BCUT2D eigenvalue weighted by atomic mass is 9.82. The molecule has 13 heteroatoms. The number of halogens is 1. The molecule has 5 aliphatic rings. The zero-order valence-electron chi connectivity index (χ0n) is 30.0. The molecular formula is C39H48FN3O8S. The molecule has 1 saturated heterocycles. The number of Topliss-reactive ketones (excluding diaryl/α,β-unsaturated/α-hetero) is 1. The van der Waals surface area contributed by atoms with Crippen molar-refractivity contribution in [2.45, 2.75) is 114 Å². The van der Waals surface area contributed by atoms with Crippen molar-refractivity contribution >= 4 is 44.4 Å².